The van der Waals surface area contributed by atoms with Crippen molar-refractivity contribution in [3.05, 3.63) is 33.8 Å². The summed E-state index contributed by atoms with van der Waals surface area (Å²) in [6.45, 7) is 2.03. The molecule has 0 aliphatic rings. The van der Waals surface area contributed by atoms with Gasteiger partial charge in [0.2, 0.25) is 0 Å². The van der Waals surface area contributed by atoms with Gasteiger partial charge in [-0.2, -0.15) is 0 Å². The van der Waals surface area contributed by atoms with Gasteiger partial charge in [0.05, 0.1) is 17.1 Å². The average molecular weight is 297 g/mol. The van der Waals surface area contributed by atoms with Gasteiger partial charge in [-0.15, -0.1) is 5.10 Å². The zero-order valence-electron chi connectivity index (χ0n) is 10.3. The maximum atomic E-state index is 12.1. The molecule has 0 saturated carbocycles. The molecule has 0 aliphatic heterocycles. The fourth-order valence-corrected chi connectivity index (χ4v) is 2.39. The molecule has 2 rings (SSSR count). The minimum atomic E-state index is -0.243. The third kappa shape index (κ3) is 3.21. The van der Waals surface area contributed by atoms with E-state index in [1.54, 1.807) is 18.2 Å². The lowest BCUT2D eigenvalue weighted by molar-refractivity contribution is 0.102. The van der Waals surface area contributed by atoms with Crippen molar-refractivity contribution in [2.24, 2.45) is 0 Å². The van der Waals surface area contributed by atoms with Crippen LogP contribution in [-0.2, 0) is 6.42 Å². The van der Waals surface area contributed by atoms with E-state index in [1.165, 1.54) is 0 Å². The number of nitrogens with zero attached hydrogens (tertiary/aromatic N) is 2. The largest absolute Gasteiger partial charge is 0.397 e. The Labute approximate surface area is 119 Å². The Morgan fingerprint density at radius 3 is 3.00 bits per heavy atom. The molecule has 0 fully saturated rings. The van der Waals surface area contributed by atoms with Gasteiger partial charge >= 0.3 is 0 Å². The predicted octanol–water partition coefficient (Wildman–Crippen LogP) is 2.98. The third-order valence-corrected chi connectivity index (χ3v) is 3.51. The van der Waals surface area contributed by atoms with E-state index >= 15 is 0 Å². The molecule has 19 heavy (non-hydrogen) atoms. The summed E-state index contributed by atoms with van der Waals surface area (Å²) in [7, 11) is 0. The van der Waals surface area contributed by atoms with Crippen LogP contribution in [0.5, 0.6) is 0 Å². The number of anilines is 2. The summed E-state index contributed by atoms with van der Waals surface area (Å²) in [4.78, 5) is 12.7. The number of nitrogens with two attached hydrogens (primary N) is 1. The number of rotatable bonds is 4. The molecule has 1 aromatic heterocycles. The van der Waals surface area contributed by atoms with Gasteiger partial charge in [-0.1, -0.05) is 29.4 Å². The Kier molecular flexibility index (Phi) is 4.34. The van der Waals surface area contributed by atoms with E-state index in [1.807, 2.05) is 6.92 Å². The molecule has 1 heterocycles. The molecule has 1 amide bonds. The molecule has 3 N–H and O–H groups in total. The Morgan fingerprint density at radius 1 is 1.53 bits per heavy atom. The number of amides is 1. The average Bonchev–Trinajstić information content (AvgIpc) is 2.81. The van der Waals surface area contributed by atoms with E-state index in [9.17, 15) is 4.79 Å². The normalized spacial score (nSPS) is 10.4. The van der Waals surface area contributed by atoms with Crippen LogP contribution in [0.25, 0.3) is 0 Å². The van der Waals surface area contributed by atoms with E-state index in [2.05, 4.69) is 14.9 Å². The molecule has 0 saturated heterocycles. The monoisotopic (exact) mass is 296 g/mol. The summed E-state index contributed by atoms with van der Waals surface area (Å²) in [5.41, 5.74) is 7.47. The number of nitrogen functional groups attached to an aromatic ring is 1. The Bertz CT molecular complexity index is 599. The van der Waals surface area contributed by atoms with Gasteiger partial charge in [0.15, 0.2) is 0 Å². The van der Waals surface area contributed by atoms with Gasteiger partial charge in [0.25, 0.3) is 5.91 Å². The van der Waals surface area contributed by atoms with Crippen molar-refractivity contribution in [3.63, 3.8) is 0 Å². The quantitative estimate of drug-likeness (QED) is 0.850. The minimum absolute atomic E-state index is 0.243. The standard InChI is InChI=1S/C12H13ClN4OS/c1-2-3-10-11(19-17-16-10)12(18)15-9-5-4-7(13)6-8(9)14/h4-6H,2-3,14H2,1H3,(H,15,18). The van der Waals surface area contributed by atoms with Crippen molar-refractivity contribution in [1.82, 2.24) is 9.59 Å². The highest BCUT2D eigenvalue weighted by molar-refractivity contribution is 7.08. The van der Waals surface area contributed by atoms with Gasteiger partial charge in [-0.3, -0.25) is 4.79 Å². The molecule has 5 nitrogen and oxygen atoms in total. The highest BCUT2D eigenvalue weighted by Crippen LogP contribution is 2.24. The van der Waals surface area contributed by atoms with Crippen LogP contribution in [0.15, 0.2) is 18.2 Å². The zero-order valence-corrected chi connectivity index (χ0v) is 11.9. The van der Waals surface area contributed by atoms with Crippen molar-refractivity contribution >= 4 is 40.4 Å². The van der Waals surface area contributed by atoms with Crippen molar-refractivity contribution in [1.29, 1.82) is 0 Å². The van der Waals surface area contributed by atoms with Crippen LogP contribution in [0.2, 0.25) is 5.02 Å². The highest BCUT2D eigenvalue weighted by Gasteiger charge is 2.16. The van der Waals surface area contributed by atoms with Gasteiger partial charge in [-0.25, -0.2) is 0 Å². The van der Waals surface area contributed by atoms with E-state index in [-0.39, 0.29) is 5.91 Å². The fraction of sp³-hybridized carbons (Fsp3) is 0.250. The van der Waals surface area contributed by atoms with Crippen molar-refractivity contribution in [2.75, 3.05) is 11.1 Å². The van der Waals surface area contributed by atoms with Crippen LogP contribution in [-0.4, -0.2) is 15.5 Å². The van der Waals surface area contributed by atoms with Gasteiger partial charge in [0.1, 0.15) is 4.88 Å². The van der Waals surface area contributed by atoms with Crippen molar-refractivity contribution in [3.8, 4) is 0 Å². The lowest BCUT2D eigenvalue weighted by atomic mass is 10.2. The van der Waals surface area contributed by atoms with Gasteiger partial charge in [0, 0.05) is 5.02 Å². The van der Waals surface area contributed by atoms with Crippen LogP contribution in [0, 0.1) is 0 Å². The summed E-state index contributed by atoms with van der Waals surface area (Å²) >= 11 is 6.89. The number of carbonyl (C=O) groups is 1. The molecule has 2 aromatic rings. The molecule has 0 spiro atoms. The summed E-state index contributed by atoms with van der Waals surface area (Å²) in [5, 5.41) is 7.24. The Hall–Kier alpha value is -1.66. The molecular weight excluding hydrogens is 284 g/mol. The summed E-state index contributed by atoms with van der Waals surface area (Å²) in [6, 6.07) is 4.93. The van der Waals surface area contributed by atoms with E-state index in [0.29, 0.717) is 21.3 Å². The van der Waals surface area contributed by atoms with Crippen LogP contribution in [0.3, 0.4) is 0 Å². The van der Waals surface area contributed by atoms with Crippen LogP contribution >= 0.6 is 23.1 Å². The van der Waals surface area contributed by atoms with Crippen molar-refractivity contribution in [2.45, 2.75) is 19.8 Å². The van der Waals surface area contributed by atoms with Gasteiger partial charge < -0.3 is 11.1 Å². The second-order valence-electron chi connectivity index (χ2n) is 3.98. The topological polar surface area (TPSA) is 80.9 Å². The number of aryl methyl sites for hydroxylation is 1. The molecule has 100 valence electrons. The molecule has 1 aromatic carbocycles. The SMILES string of the molecule is CCCc1nnsc1C(=O)Nc1ccc(Cl)cc1N. The molecule has 0 atom stereocenters. The third-order valence-electron chi connectivity index (χ3n) is 2.51. The first kappa shape index (κ1) is 13.8. The molecular formula is C12H13ClN4OS. The van der Waals surface area contributed by atoms with Crippen LogP contribution in [0.4, 0.5) is 11.4 Å². The maximum Gasteiger partial charge on any atom is 0.269 e. The number of carbonyl (C=O) groups excluding carboxylic acids is 1. The molecule has 0 aliphatic carbocycles. The second kappa shape index (κ2) is 5.99. The number of aromatic nitrogens is 2. The first-order valence-corrected chi connectivity index (χ1v) is 6.94. The highest BCUT2D eigenvalue weighted by atomic mass is 35.5. The fourth-order valence-electron chi connectivity index (χ4n) is 1.61. The van der Waals surface area contributed by atoms with E-state index in [0.717, 1.165) is 30.1 Å². The summed E-state index contributed by atoms with van der Waals surface area (Å²) < 4.78 is 3.82. The Morgan fingerprint density at radius 2 is 2.32 bits per heavy atom. The number of nitrogens with one attached hydrogen (secondary N) is 1. The first-order valence-electron chi connectivity index (χ1n) is 5.79. The summed E-state index contributed by atoms with van der Waals surface area (Å²) in [6.07, 6.45) is 1.64. The van der Waals surface area contributed by atoms with Crippen LogP contribution < -0.4 is 11.1 Å². The minimum Gasteiger partial charge on any atom is -0.397 e. The Balaban J connectivity index is 2.18. The molecule has 7 heteroatoms. The predicted molar refractivity (Wildman–Crippen MR) is 77.7 cm³/mol. The molecule has 0 radical (unpaired) electrons. The lowest BCUT2D eigenvalue weighted by Crippen LogP contribution is -2.13. The maximum absolute atomic E-state index is 12.1. The summed E-state index contributed by atoms with van der Waals surface area (Å²) in [5.74, 6) is -0.243. The number of benzene rings is 1. The first-order chi connectivity index (χ1) is 9.11. The lowest BCUT2D eigenvalue weighted by Gasteiger charge is -2.07. The zero-order chi connectivity index (χ0) is 13.8. The number of hydrogen-bond donors (Lipinski definition) is 2. The second-order valence-corrected chi connectivity index (χ2v) is 5.18. The molecule has 0 unspecified atom stereocenters. The van der Waals surface area contributed by atoms with E-state index < -0.39 is 0 Å². The molecule has 0 bridgehead atoms. The van der Waals surface area contributed by atoms with Crippen LogP contribution in [0.1, 0.15) is 28.7 Å². The number of hydrogen-bond acceptors (Lipinski definition) is 5. The van der Waals surface area contributed by atoms with E-state index in [4.69, 9.17) is 17.3 Å². The smallest absolute Gasteiger partial charge is 0.269 e. The van der Waals surface area contributed by atoms with Crippen molar-refractivity contribution < 1.29 is 4.79 Å². The van der Waals surface area contributed by atoms with Gasteiger partial charge in [-0.05, 0) is 36.2 Å². The number of halogens is 1.